The first-order valence-corrected chi connectivity index (χ1v) is 3.74. The number of carbonyl (C=O) groups excluding carboxylic acids is 2. The SMILES string of the molecule is C=C(C)C(=O)O.C=CC(=O)[O-].C=CC(=O)[O-].[Zn+2]. The zero-order chi connectivity index (χ0) is 13.7. The quantitative estimate of drug-likeness (QED) is 0.499. The summed E-state index contributed by atoms with van der Waals surface area (Å²) in [5.41, 5.74) is 0.176. The zero-order valence-corrected chi connectivity index (χ0v) is 12.4. The molecule has 0 saturated heterocycles. The fourth-order valence-corrected chi connectivity index (χ4v) is 0. The van der Waals surface area contributed by atoms with Crippen LogP contribution in [0.1, 0.15) is 6.92 Å². The zero-order valence-electron chi connectivity index (χ0n) is 9.47. The Labute approximate surface area is 112 Å². The van der Waals surface area contributed by atoms with Crippen LogP contribution in [-0.2, 0) is 33.9 Å². The van der Waals surface area contributed by atoms with Gasteiger partial charge in [0.15, 0.2) is 0 Å². The first-order valence-electron chi connectivity index (χ1n) is 3.74. The van der Waals surface area contributed by atoms with Crippen LogP contribution in [0.3, 0.4) is 0 Å². The van der Waals surface area contributed by atoms with E-state index in [0.717, 1.165) is 12.2 Å². The molecule has 0 unspecified atom stereocenters. The second-order valence-corrected chi connectivity index (χ2v) is 2.13. The van der Waals surface area contributed by atoms with Gasteiger partial charge in [-0.15, -0.1) is 0 Å². The molecule has 0 radical (unpaired) electrons. The Kier molecular flexibility index (Phi) is 24.0. The molecule has 0 heterocycles. The molecule has 0 fully saturated rings. The molecule has 0 aromatic rings. The molecule has 1 N–H and O–H groups in total. The van der Waals surface area contributed by atoms with Crippen molar-refractivity contribution in [2.45, 2.75) is 6.92 Å². The average Bonchev–Trinajstić information content (AvgIpc) is 2.19. The van der Waals surface area contributed by atoms with Gasteiger partial charge in [-0.25, -0.2) is 4.79 Å². The summed E-state index contributed by atoms with van der Waals surface area (Å²) in [6.45, 7) is 10.4. The third-order valence-electron chi connectivity index (χ3n) is 0.698. The van der Waals surface area contributed by atoms with E-state index in [4.69, 9.17) is 24.9 Å². The van der Waals surface area contributed by atoms with E-state index in [2.05, 4.69) is 19.7 Å². The van der Waals surface area contributed by atoms with Crippen LogP contribution in [0.4, 0.5) is 0 Å². The van der Waals surface area contributed by atoms with Gasteiger partial charge in [0, 0.05) is 5.57 Å². The first-order chi connectivity index (χ1) is 7.18. The Hall–Kier alpha value is -1.75. The Morgan fingerprint density at radius 1 is 1.06 bits per heavy atom. The van der Waals surface area contributed by atoms with Gasteiger partial charge in [-0.1, -0.05) is 19.7 Å². The van der Waals surface area contributed by atoms with Crippen molar-refractivity contribution in [3.63, 3.8) is 0 Å². The van der Waals surface area contributed by atoms with E-state index in [9.17, 15) is 4.79 Å². The second kappa shape index (κ2) is 16.7. The van der Waals surface area contributed by atoms with Crippen LogP contribution in [-0.4, -0.2) is 23.0 Å². The van der Waals surface area contributed by atoms with Crippen LogP contribution in [0.5, 0.6) is 0 Å². The number of carboxylic acid groups (broad SMARTS) is 3. The van der Waals surface area contributed by atoms with Gasteiger partial charge in [0.1, 0.15) is 0 Å². The number of aliphatic carboxylic acids is 3. The maximum atomic E-state index is 9.60. The van der Waals surface area contributed by atoms with E-state index >= 15 is 0 Å². The Morgan fingerprint density at radius 2 is 1.18 bits per heavy atom. The van der Waals surface area contributed by atoms with Crippen molar-refractivity contribution in [3.05, 3.63) is 37.5 Å². The van der Waals surface area contributed by atoms with Crippen molar-refractivity contribution in [3.8, 4) is 0 Å². The van der Waals surface area contributed by atoms with Crippen molar-refractivity contribution >= 4 is 17.9 Å². The van der Waals surface area contributed by atoms with Crippen molar-refractivity contribution < 1.29 is 49.2 Å². The predicted octanol–water partition coefficient (Wildman–Crippen LogP) is -1.51. The fourth-order valence-electron chi connectivity index (χ4n) is 0. The Bertz CT molecular complexity index is 265. The van der Waals surface area contributed by atoms with Crippen molar-refractivity contribution in [2.75, 3.05) is 0 Å². The van der Waals surface area contributed by atoms with Crippen LogP contribution >= 0.6 is 0 Å². The molecule has 17 heavy (non-hydrogen) atoms. The largest absolute Gasteiger partial charge is 2.00 e. The topological polar surface area (TPSA) is 118 Å². The third-order valence-corrected chi connectivity index (χ3v) is 0.698. The number of carboxylic acids is 3. The number of carbonyl (C=O) groups is 3. The molecule has 0 amide bonds. The molecule has 0 aromatic heterocycles. The third kappa shape index (κ3) is 54.7. The van der Waals surface area contributed by atoms with E-state index < -0.39 is 17.9 Å². The smallest absolute Gasteiger partial charge is 0.545 e. The molecule has 90 valence electrons. The van der Waals surface area contributed by atoms with Crippen molar-refractivity contribution in [2.24, 2.45) is 0 Å². The normalized spacial score (nSPS) is 6.41. The van der Waals surface area contributed by atoms with Crippen LogP contribution in [0.2, 0.25) is 0 Å². The van der Waals surface area contributed by atoms with E-state index in [0.29, 0.717) is 0 Å². The van der Waals surface area contributed by atoms with Gasteiger partial charge in [0.2, 0.25) is 0 Å². The van der Waals surface area contributed by atoms with Crippen LogP contribution in [0, 0.1) is 0 Å². The van der Waals surface area contributed by atoms with E-state index in [1.54, 1.807) is 0 Å². The van der Waals surface area contributed by atoms with Gasteiger partial charge in [-0.3, -0.25) is 0 Å². The minimum Gasteiger partial charge on any atom is -0.545 e. The van der Waals surface area contributed by atoms with Gasteiger partial charge >= 0.3 is 25.4 Å². The van der Waals surface area contributed by atoms with Gasteiger partial charge in [-0.05, 0) is 19.1 Å². The molecule has 0 bridgehead atoms. The van der Waals surface area contributed by atoms with Crippen LogP contribution in [0.25, 0.3) is 0 Å². The van der Waals surface area contributed by atoms with Crippen molar-refractivity contribution in [1.82, 2.24) is 0 Å². The van der Waals surface area contributed by atoms with Crippen LogP contribution in [0.15, 0.2) is 37.5 Å². The van der Waals surface area contributed by atoms with Crippen molar-refractivity contribution in [1.29, 1.82) is 0 Å². The molecule has 0 aliphatic carbocycles. The molecule has 0 spiro atoms. The van der Waals surface area contributed by atoms with E-state index in [1.807, 2.05) is 0 Å². The Balaban J connectivity index is -0.0000000729. The molecule has 0 saturated carbocycles. The standard InChI is InChI=1S/C4H6O2.2C3H4O2.Zn/c1-3(2)4(5)6;2*1-2-3(4)5;/h1H2,2H3,(H,5,6);2*2H,1H2,(H,4,5);/q;;;+2/p-2. The van der Waals surface area contributed by atoms with E-state index in [1.165, 1.54) is 6.92 Å². The molecule has 0 atom stereocenters. The molecule has 0 aromatic carbocycles. The van der Waals surface area contributed by atoms with Gasteiger partial charge in [0.25, 0.3) is 0 Å². The minimum atomic E-state index is -1.23. The predicted molar refractivity (Wildman–Crippen MR) is 52.9 cm³/mol. The first kappa shape index (κ1) is 24.5. The van der Waals surface area contributed by atoms with Crippen LogP contribution < -0.4 is 10.2 Å². The summed E-state index contributed by atoms with van der Waals surface area (Å²) in [5.74, 6) is -3.40. The summed E-state index contributed by atoms with van der Waals surface area (Å²) in [5, 5.41) is 26.2. The Morgan fingerprint density at radius 3 is 1.18 bits per heavy atom. The summed E-state index contributed by atoms with van der Waals surface area (Å²) in [7, 11) is 0. The minimum absolute atomic E-state index is 0. The molecular formula is C10H12O6Zn. The molecule has 0 aliphatic heterocycles. The molecule has 0 rings (SSSR count). The molecular weight excluding hydrogens is 281 g/mol. The molecule has 7 heteroatoms. The van der Waals surface area contributed by atoms with Gasteiger partial charge in [0.05, 0.1) is 11.9 Å². The van der Waals surface area contributed by atoms with Gasteiger partial charge < -0.3 is 24.9 Å². The number of rotatable bonds is 3. The van der Waals surface area contributed by atoms with E-state index in [-0.39, 0.29) is 25.1 Å². The molecule has 0 aliphatic rings. The maximum Gasteiger partial charge on any atom is 2.00 e. The second-order valence-electron chi connectivity index (χ2n) is 2.13. The average molecular weight is 294 g/mol. The fraction of sp³-hybridized carbons (Fsp3) is 0.100. The number of hydrogen-bond acceptors (Lipinski definition) is 5. The summed E-state index contributed by atoms with van der Waals surface area (Å²) in [4.78, 5) is 27.9. The molecule has 6 nitrogen and oxygen atoms in total. The summed E-state index contributed by atoms with van der Waals surface area (Å²) < 4.78 is 0. The maximum absolute atomic E-state index is 9.60. The summed E-state index contributed by atoms with van der Waals surface area (Å²) in [6.07, 6.45) is 1.44. The summed E-state index contributed by atoms with van der Waals surface area (Å²) in [6, 6.07) is 0. The number of hydrogen-bond donors (Lipinski definition) is 1. The summed E-state index contributed by atoms with van der Waals surface area (Å²) >= 11 is 0. The van der Waals surface area contributed by atoms with Gasteiger partial charge in [-0.2, -0.15) is 0 Å². The monoisotopic (exact) mass is 292 g/mol.